The van der Waals surface area contributed by atoms with Crippen molar-refractivity contribution < 1.29 is 23.1 Å². The van der Waals surface area contributed by atoms with Crippen LogP contribution >= 0.6 is 11.6 Å². The molecule has 0 amide bonds. The molecule has 0 unspecified atom stereocenters. The van der Waals surface area contributed by atoms with Crippen LogP contribution in [0.4, 0.5) is 0 Å². The molecule has 0 heterocycles. The summed E-state index contributed by atoms with van der Waals surface area (Å²) in [6.45, 7) is 3.40. The molecule has 0 bridgehead atoms. The maximum absolute atomic E-state index is 12.5. The lowest BCUT2D eigenvalue weighted by atomic mass is 10.2. The van der Waals surface area contributed by atoms with Gasteiger partial charge in [-0.05, 0) is 26.0 Å². The first-order valence-electron chi connectivity index (χ1n) is 5.71. The molecular weight excluding hydrogens is 306 g/mol. The normalized spacial score (nSPS) is 11.9. The third-order valence-corrected chi connectivity index (χ3v) is 5.10. The van der Waals surface area contributed by atoms with Crippen LogP contribution in [0.5, 0.6) is 5.75 Å². The van der Waals surface area contributed by atoms with Gasteiger partial charge < -0.3 is 9.84 Å². The van der Waals surface area contributed by atoms with Crippen molar-refractivity contribution in [1.29, 1.82) is 0 Å². The van der Waals surface area contributed by atoms with E-state index in [1.54, 1.807) is 13.8 Å². The predicted octanol–water partition coefficient (Wildman–Crippen LogP) is 2.08. The zero-order chi connectivity index (χ0) is 15.7. The number of benzene rings is 1. The molecule has 0 aliphatic carbocycles. The van der Waals surface area contributed by atoms with Gasteiger partial charge in [-0.15, -0.1) is 0 Å². The second-order valence-electron chi connectivity index (χ2n) is 4.40. The Morgan fingerprint density at radius 3 is 2.35 bits per heavy atom. The zero-order valence-electron chi connectivity index (χ0n) is 11.5. The van der Waals surface area contributed by atoms with Crippen LogP contribution in [0.2, 0.25) is 5.02 Å². The number of ether oxygens (including phenoxy) is 1. The number of hydrogen-bond donors (Lipinski definition) is 1. The minimum atomic E-state index is -3.90. The first-order valence-corrected chi connectivity index (χ1v) is 7.53. The van der Waals surface area contributed by atoms with Crippen LogP contribution in [0.3, 0.4) is 0 Å². The molecule has 112 valence electrons. The number of carboxylic acid groups (broad SMARTS) is 1. The average Bonchev–Trinajstić information content (AvgIpc) is 2.36. The van der Waals surface area contributed by atoms with Crippen molar-refractivity contribution >= 4 is 27.6 Å². The molecule has 20 heavy (non-hydrogen) atoms. The van der Waals surface area contributed by atoms with E-state index >= 15 is 0 Å². The summed E-state index contributed by atoms with van der Waals surface area (Å²) in [6.07, 6.45) is 0. The minimum absolute atomic E-state index is 0.0129. The summed E-state index contributed by atoms with van der Waals surface area (Å²) in [5.74, 6) is -1.54. The Labute approximate surface area is 123 Å². The van der Waals surface area contributed by atoms with Crippen LogP contribution in [0, 0.1) is 0 Å². The smallest absolute Gasteiger partial charge is 0.339 e. The molecule has 1 aromatic carbocycles. The number of aromatic carboxylic acids is 1. The van der Waals surface area contributed by atoms with Gasteiger partial charge in [0.1, 0.15) is 10.5 Å². The highest BCUT2D eigenvalue weighted by atomic mass is 35.5. The first-order chi connectivity index (χ1) is 9.12. The van der Waals surface area contributed by atoms with E-state index in [0.29, 0.717) is 0 Å². The molecule has 6 nitrogen and oxygen atoms in total. The van der Waals surface area contributed by atoms with Crippen LogP contribution in [0.15, 0.2) is 17.0 Å². The Morgan fingerprint density at radius 1 is 1.40 bits per heavy atom. The van der Waals surface area contributed by atoms with E-state index in [2.05, 4.69) is 0 Å². The second-order valence-corrected chi connectivity index (χ2v) is 6.81. The van der Waals surface area contributed by atoms with Crippen molar-refractivity contribution in [2.75, 3.05) is 14.2 Å². The summed E-state index contributed by atoms with van der Waals surface area (Å²) in [6, 6.07) is 2.04. The van der Waals surface area contributed by atoms with Crippen LogP contribution in [0.25, 0.3) is 0 Å². The summed E-state index contributed by atoms with van der Waals surface area (Å²) >= 11 is 5.81. The van der Waals surface area contributed by atoms with Gasteiger partial charge in [0, 0.05) is 18.1 Å². The Hall–Kier alpha value is -1.31. The van der Waals surface area contributed by atoms with Gasteiger partial charge in [-0.1, -0.05) is 11.6 Å². The average molecular weight is 322 g/mol. The molecule has 0 fully saturated rings. The van der Waals surface area contributed by atoms with Gasteiger partial charge in [0.25, 0.3) is 0 Å². The van der Waals surface area contributed by atoms with Gasteiger partial charge in [0.15, 0.2) is 5.75 Å². The standard InChI is InChI=1S/C12H16ClNO5S/c1-7(2)14(3)20(17,18)10-6-8(13)5-9(12(15)16)11(10)19-4/h5-7H,1-4H3,(H,15,16). The number of carboxylic acids is 1. The summed E-state index contributed by atoms with van der Waals surface area (Å²) in [5.41, 5.74) is -0.296. The second kappa shape index (κ2) is 5.99. The minimum Gasteiger partial charge on any atom is -0.494 e. The largest absolute Gasteiger partial charge is 0.494 e. The fourth-order valence-corrected chi connectivity index (χ4v) is 3.41. The maximum Gasteiger partial charge on any atom is 0.339 e. The fourth-order valence-electron chi connectivity index (χ4n) is 1.56. The molecule has 0 aromatic heterocycles. The Kier molecular flexibility index (Phi) is 5.01. The molecule has 0 spiro atoms. The summed E-state index contributed by atoms with van der Waals surface area (Å²) in [5, 5.41) is 9.12. The highest BCUT2D eigenvalue weighted by Crippen LogP contribution is 2.33. The SMILES string of the molecule is COc1c(C(=O)O)cc(Cl)cc1S(=O)(=O)N(C)C(C)C. The van der Waals surface area contributed by atoms with Gasteiger partial charge in [-0.3, -0.25) is 0 Å². The lowest BCUT2D eigenvalue weighted by molar-refractivity contribution is 0.0693. The van der Waals surface area contributed by atoms with Gasteiger partial charge >= 0.3 is 5.97 Å². The van der Waals surface area contributed by atoms with Crippen molar-refractivity contribution in [3.8, 4) is 5.75 Å². The molecule has 0 saturated carbocycles. The Bertz CT molecular complexity index is 627. The number of sulfonamides is 1. The van der Waals surface area contributed by atoms with Crippen LogP contribution < -0.4 is 4.74 Å². The van der Waals surface area contributed by atoms with Crippen LogP contribution in [-0.4, -0.2) is 44.0 Å². The summed E-state index contributed by atoms with van der Waals surface area (Å²) < 4.78 is 31.0. The third kappa shape index (κ3) is 3.05. The number of methoxy groups -OCH3 is 1. The van der Waals surface area contributed by atoms with E-state index in [1.807, 2.05) is 0 Å². The molecule has 0 saturated heterocycles. The Morgan fingerprint density at radius 2 is 1.95 bits per heavy atom. The summed E-state index contributed by atoms with van der Waals surface area (Å²) in [4.78, 5) is 10.9. The molecule has 1 aromatic rings. The van der Waals surface area contributed by atoms with Crippen LogP contribution in [0.1, 0.15) is 24.2 Å². The first kappa shape index (κ1) is 16.7. The van der Waals surface area contributed by atoms with Gasteiger partial charge in [-0.2, -0.15) is 4.31 Å². The van der Waals surface area contributed by atoms with E-state index in [0.717, 1.165) is 10.4 Å². The van der Waals surface area contributed by atoms with Crippen molar-refractivity contribution in [2.45, 2.75) is 24.8 Å². The third-order valence-electron chi connectivity index (χ3n) is 2.84. The van der Waals surface area contributed by atoms with E-state index in [9.17, 15) is 13.2 Å². The monoisotopic (exact) mass is 321 g/mol. The van der Waals surface area contributed by atoms with Gasteiger partial charge in [-0.25, -0.2) is 13.2 Å². The Balaban J connectivity index is 3.64. The number of carbonyl (C=O) groups is 1. The molecule has 1 rings (SSSR count). The molecule has 0 atom stereocenters. The lowest BCUT2D eigenvalue weighted by Crippen LogP contribution is -2.33. The fraction of sp³-hybridized carbons (Fsp3) is 0.417. The van der Waals surface area contributed by atoms with E-state index < -0.39 is 16.0 Å². The lowest BCUT2D eigenvalue weighted by Gasteiger charge is -2.22. The van der Waals surface area contributed by atoms with Gasteiger partial charge in [0.05, 0.1) is 7.11 Å². The zero-order valence-corrected chi connectivity index (χ0v) is 13.1. The number of rotatable bonds is 5. The van der Waals surface area contributed by atoms with Crippen LogP contribution in [-0.2, 0) is 10.0 Å². The highest BCUT2D eigenvalue weighted by molar-refractivity contribution is 7.89. The quantitative estimate of drug-likeness (QED) is 0.897. The van der Waals surface area contributed by atoms with Crippen molar-refractivity contribution in [1.82, 2.24) is 4.31 Å². The van der Waals surface area contributed by atoms with E-state index in [4.69, 9.17) is 21.4 Å². The summed E-state index contributed by atoms with van der Waals surface area (Å²) in [7, 11) is -1.28. The molecular formula is C12H16ClNO5S. The molecule has 0 radical (unpaired) electrons. The molecule has 0 aliphatic heterocycles. The number of nitrogens with zero attached hydrogens (tertiary/aromatic N) is 1. The predicted molar refractivity (Wildman–Crippen MR) is 75.0 cm³/mol. The van der Waals surface area contributed by atoms with Gasteiger partial charge in [0.2, 0.25) is 10.0 Å². The maximum atomic E-state index is 12.5. The molecule has 1 N–H and O–H groups in total. The highest BCUT2D eigenvalue weighted by Gasteiger charge is 2.30. The van der Waals surface area contributed by atoms with Crippen molar-refractivity contribution in [2.24, 2.45) is 0 Å². The van der Waals surface area contributed by atoms with E-state index in [1.165, 1.54) is 20.2 Å². The molecule has 8 heteroatoms. The molecule has 0 aliphatic rings. The topological polar surface area (TPSA) is 83.9 Å². The number of halogens is 1. The van der Waals surface area contributed by atoms with Crippen molar-refractivity contribution in [3.05, 3.63) is 22.7 Å². The van der Waals surface area contributed by atoms with Crippen molar-refractivity contribution in [3.63, 3.8) is 0 Å². The number of hydrogen-bond acceptors (Lipinski definition) is 4. The van der Waals surface area contributed by atoms with E-state index in [-0.39, 0.29) is 27.3 Å².